The molecule has 2 aromatic rings. The third-order valence-corrected chi connectivity index (χ3v) is 3.91. The van der Waals surface area contributed by atoms with Crippen molar-refractivity contribution in [2.45, 2.75) is 19.5 Å². The Bertz CT molecular complexity index is 560. The summed E-state index contributed by atoms with van der Waals surface area (Å²) in [7, 11) is 0. The minimum absolute atomic E-state index is 0.191. The Morgan fingerprint density at radius 3 is 3.00 bits per heavy atom. The van der Waals surface area contributed by atoms with Gasteiger partial charge < -0.3 is 5.32 Å². The van der Waals surface area contributed by atoms with Crippen molar-refractivity contribution in [3.8, 4) is 6.07 Å². The van der Waals surface area contributed by atoms with Gasteiger partial charge in [-0.15, -0.1) is 11.3 Å². The van der Waals surface area contributed by atoms with Crippen LogP contribution in [0.15, 0.2) is 29.8 Å². The molecule has 18 heavy (non-hydrogen) atoms. The van der Waals surface area contributed by atoms with E-state index < -0.39 is 0 Å². The highest BCUT2D eigenvalue weighted by Gasteiger charge is 2.08. The highest BCUT2D eigenvalue weighted by Crippen LogP contribution is 2.20. The Kier molecular flexibility index (Phi) is 4.32. The number of rotatable bonds is 4. The molecule has 0 aliphatic heterocycles. The lowest BCUT2D eigenvalue weighted by Gasteiger charge is -2.12. The van der Waals surface area contributed by atoms with Crippen molar-refractivity contribution in [3.05, 3.63) is 50.9 Å². The van der Waals surface area contributed by atoms with E-state index in [9.17, 15) is 0 Å². The summed E-state index contributed by atoms with van der Waals surface area (Å²) in [5.41, 5.74) is 1.57. The summed E-state index contributed by atoms with van der Waals surface area (Å²) in [6, 6.07) is 7.60. The molecule has 1 aromatic heterocycles. The van der Waals surface area contributed by atoms with Crippen molar-refractivity contribution in [2.24, 2.45) is 0 Å². The average Bonchev–Trinajstić information content (AvgIpc) is 2.90. The van der Waals surface area contributed by atoms with Crippen LogP contribution in [-0.4, -0.2) is 4.98 Å². The van der Waals surface area contributed by atoms with E-state index >= 15 is 0 Å². The number of nitrogens with one attached hydrogen (secondary N) is 1. The summed E-state index contributed by atoms with van der Waals surface area (Å²) in [6.07, 6.45) is 1.80. The van der Waals surface area contributed by atoms with Gasteiger partial charge in [0.15, 0.2) is 0 Å². The molecule has 1 unspecified atom stereocenters. The van der Waals surface area contributed by atoms with Crippen LogP contribution >= 0.6 is 22.9 Å². The molecule has 0 fully saturated rings. The van der Waals surface area contributed by atoms with Gasteiger partial charge in [-0.25, -0.2) is 4.98 Å². The quantitative estimate of drug-likeness (QED) is 0.930. The molecule has 0 radical (unpaired) electrons. The van der Waals surface area contributed by atoms with Crippen LogP contribution in [0.5, 0.6) is 0 Å². The lowest BCUT2D eigenvalue weighted by atomic mass is 10.1. The van der Waals surface area contributed by atoms with Crippen LogP contribution in [0.1, 0.15) is 29.1 Å². The Hall–Kier alpha value is -1.41. The molecule has 0 spiro atoms. The van der Waals surface area contributed by atoms with Crippen LogP contribution in [0.2, 0.25) is 5.02 Å². The molecule has 0 bridgehead atoms. The number of benzene rings is 1. The standard InChI is InChI=1S/C13H12ClN3S/c1-9(13-16-4-5-18-13)17-8-11-3-2-10(7-15)6-12(11)14/h2-6,9,17H,8H2,1H3. The molecule has 0 aliphatic rings. The summed E-state index contributed by atoms with van der Waals surface area (Å²) >= 11 is 7.74. The van der Waals surface area contributed by atoms with Gasteiger partial charge in [0.1, 0.15) is 5.01 Å². The van der Waals surface area contributed by atoms with Crippen LogP contribution in [0, 0.1) is 11.3 Å². The van der Waals surface area contributed by atoms with Gasteiger partial charge in [0.25, 0.3) is 0 Å². The van der Waals surface area contributed by atoms with Gasteiger partial charge >= 0.3 is 0 Å². The molecule has 0 aliphatic carbocycles. The van der Waals surface area contributed by atoms with Crippen LogP contribution in [0.4, 0.5) is 0 Å². The van der Waals surface area contributed by atoms with E-state index in [4.69, 9.17) is 16.9 Å². The van der Waals surface area contributed by atoms with E-state index in [0.717, 1.165) is 10.6 Å². The molecule has 3 nitrogen and oxygen atoms in total. The monoisotopic (exact) mass is 277 g/mol. The Morgan fingerprint density at radius 1 is 1.56 bits per heavy atom. The smallest absolute Gasteiger partial charge is 0.109 e. The van der Waals surface area contributed by atoms with Crippen molar-refractivity contribution in [1.82, 2.24) is 10.3 Å². The fraction of sp³-hybridized carbons (Fsp3) is 0.231. The first-order chi connectivity index (χ1) is 8.70. The number of hydrogen-bond acceptors (Lipinski definition) is 4. The van der Waals surface area contributed by atoms with Gasteiger partial charge in [0.2, 0.25) is 0 Å². The fourth-order valence-corrected chi connectivity index (χ4v) is 2.48. The van der Waals surface area contributed by atoms with E-state index in [-0.39, 0.29) is 6.04 Å². The molecular formula is C13H12ClN3S. The molecule has 1 N–H and O–H groups in total. The van der Waals surface area contributed by atoms with Gasteiger partial charge in [-0.3, -0.25) is 0 Å². The van der Waals surface area contributed by atoms with Gasteiger partial charge in [0.05, 0.1) is 17.7 Å². The number of thiazole rings is 1. The minimum Gasteiger partial charge on any atom is -0.304 e. The summed E-state index contributed by atoms with van der Waals surface area (Å²) in [5, 5.41) is 15.8. The summed E-state index contributed by atoms with van der Waals surface area (Å²) in [6.45, 7) is 2.72. The highest BCUT2D eigenvalue weighted by atomic mass is 35.5. The summed E-state index contributed by atoms with van der Waals surface area (Å²) in [5.74, 6) is 0. The Labute approximate surface area is 115 Å². The SMILES string of the molecule is CC(NCc1ccc(C#N)cc1Cl)c1nccs1. The first-order valence-electron chi connectivity index (χ1n) is 5.52. The maximum atomic E-state index is 8.76. The molecule has 0 amide bonds. The number of halogens is 1. The molecule has 1 heterocycles. The van der Waals surface area contributed by atoms with Crippen molar-refractivity contribution >= 4 is 22.9 Å². The second kappa shape index (κ2) is 5.96. The van der Waals surface area contributed by atoms with Crippen LogP contribution in [-0.2, 0) is 6.54 Å². The molecule has 2 rings (SSSR count). The van der Waals surface area contributed by atoms with Crippen LogP contribution in [0.3, 0.4) is 0 Å². The predicted octanol–water partition coefficient (Wildman–Crippen LogP) is 3.52. The van der Waals surface area contributed by atoms with Gasteiger partial charge in [0, 0.05) is 23.1 Å². The number of nitrogens with zero attached hydrogens (tertiary/aromatic N) is 2. The van der Waals surface area contributed by atoms with E-state index in [1.807, 2.05) is 11.4 Å². The zero-order chi connectivity index (χ0) is 13.0. The lowest BCUT2D eigenvalue weighted by molar-refractivity contribution is 0.572. The second-order valence-electron chi connectivity index (χ2n) is 3.89. The molecule has 5 heteroatoms. The average molecular weight is 278 g/mol. The predicted molar refractivity (Wildman–Crippen MR) is 73.5 cm³/mol. The molecule has 1 aromatic carbocycles. The largest absolute Gasteiger partial charge is 0.304 e. The second-order valence-corrected chi connectivity index (χ2v) is 5.22. The third-order valence-electron chi connectivity index (χ3n) is 2.60. The van der Waals surface area contributed by atoms with Gasteiger partial charge in [-0.2, -0.15) is 5.26 Å². The van der Waals surface area contributed by atoms with Crippen molar-refractivity contribution < 1.29 is 0 Å². The zero-order valence-corrected chi connectivity index (χ0v) is 11.4. The van der Waals surface area contributed by atoms with Crippen molar-refractivity contribution in [2.75, 3.05) is 0 Å². The number of nitriles is 1. The normalized spacial score (nSPS) is 12.1. The van der Waals surface area contributed by atoms with Gasteiger partial charge in [-0.05, 0) is 24.6 Å². The van der Waals surface area contributed by atoms with E-state index in [0.29, 0.717) is 17.1 Å². The highest BCUT2D eigenvalue weighted by molar-refractivity contribution is 7.09. The van der Waals surface area contributed by atoms with Crippen LogP contribution in [0.25, 0.3) is 0 Å². The Morgan fingerprint density at radius 2 is 2.39 bits per heavy atom. The number of hydrogen-bond donors (Lipinski definition) is 1. The maximum Gasteiger partial charge on any atom is 0.109 e. The van der Waals surface area contributed by atoms with Crippen molar-refractivity contribution in [3.63, 3.8) is 0 Å². The van der Waals surface area contributed by atoms with E-state index in [1.165, 1.54) is 0 Å². The lowest BCUT2D eigenvalue weighted by Crippen LogP contribution is -2.18. The molecule has 92 valence electrons. The Balaban J connectivity index is 2.00. The fourth-order valence-electron chi connectivity index (χ4n) is 1.56. The summed E-state index contributed by atoms with van der Waals surface area (Å²) < 4.78 is 0. The van der Waals surface area contributed by atoms with Gasteiger partial charge in [-0.1, -0.05) is 17.7 Å². The van der Waals surface area contributed by atoms with E-state index in [1.54, 1.807) is 29.7 Å². The third kappa shape index (κ3) is 3.08. The maximum absolute atomic E-state index is 8.76. The molecule has 0 saturated carbocycles. The number of aromatic nitrogens is 1. The topological polar surface area (TPSA) is 48.7 Å². The minimum atomic E-state index is 0.191. The van der Waals surface area contributed by atoms with E-state index in [2.05, 4.69) is 23.3 Å². The molecular weight excluding hydrogens is 266 g/mol. The van der Waals surface area contributed by atoms with Crippen molar-refractivity contribution in [1.29, 1.82) is 5.26 Å². The first kappa shape index (κ1) is 13.0. The van der Waals surface area contributed by atoms with Crippen LogP contribution < -0.4 is 5.32 Å². The molecule has 1 atom stereocenters. The molecule has 0 saturated heterocycles. The zero-order valence-electron chi connectivity index (χ0n) is 9.85. The first-order valence-corrected chi connectivity index (χ1v) is 6.78. The summed E-state index contributed by atoms with van der Waals surface area (Å²) in [4.78, 5) is 4.26.